The first kappa shape index (κ1) is 19.7. The number of hydrogen-bond donors (Lipinski definition) is 0. The zero-order chi connectivity index (χ0) is 17.5. The molecule has 0 N–H and O–H groups in total. The standard InChI is InChI=1S/C16H27IN2O5/c1-3-22-16(21)24-12(2)23-15(20)13-4-8-18(9-5-13)14-6-10-19(17)11-7-14/h12-14H,3-11H2,1-2H3. The fourth-order valence-electron chi connectivity index (χ4n) is 3.27. The van der Waals surface area contributed by atoms with Crippen molar-refractivity contribution in [3.8, 4) is 0 Å². The van der Waals surface area contributed by atoms with Crippen molar-refractivity contribution in [2.75, 3.05) is 32.8 Å². The molecular weight excluding hydrogens is 427 g/mol. The van der Waals surface area contributed by atoms with E-state index in [9.17, 15) is 9.59 Å². The highest BCUT2D eigenvalue weighted by atomic mass is 127. The van der Waals surface area contributed by atoms with Crippen LogP contribution in [0.5, 0.6) is 0 Å². The van der Waals surface area contributed by atoms with E-state index in [1.807, 2.05) is 0 Å². The maximum atomic E-state index is 12.2. The predicted octanol–water partition coefficient (Wildman–Crippen LogP) is 2.58. The molecule has 2 heterocycles. The summed E-state index contributed by atoms with van der Waals surface area (Å²) >= 11 is 2.38. The summed E-state index contributed by atoms with van der Waals surface area (Å²) < 4.78 is 17.1. The molecule has 2 rings (SSSR count). The Hall–Kier alpha value is -0.610. The Bertz CT molecular complexity index is 421. The van der Waals surface area contributed by atoms with E-state index in [-0.39, 0.29) is 18.5 Å². The molecule has 0 saturated carbocycles. The first-order valence-corrected chi connectivity index (χ1v) is 9.64. The summed E-state index contributed by atoms with van der Waals surface area (Å²) in [5.41, 5.74) is 0. The third kappa shape index (κ3) is 6.03. The third-order valence-corrected chi connectivity index (χ3v) is 5.56. The maximum absolute atomic E-state index is 12.2. The van der Waals surface area contributed by atoms with Crippen molar-refractivity contribution >= 4 is 35.0 Å². The smallest absolute Gasteiger partial charge is 0.435 e. The van der Waals surface area contributed by atoms with Gasteiger partial charge in [0.2, 0.25) is 6.29 Å². The Morgan fingerprint density at radius 1 is 1.08 bits per heavy atom. The summed E-state index contributed by atoms with van der Waals surface area (Å²) in [4.78, 5) is 25.9. The van der Waals surface area contributed by atoms with Gasteiger partial charge >= 0.3 is 12.1 Å². The lowest BCUT2D eigenvalue weighted by molar-refractivity contribution is -0.174. The van der Waals surface area contributed by atoms with E-state index in [2.05, 4.69) is 35.6 Å². The Morgan fingerprint density at radius 3 is 2.29 bits per heavy atom. The molecule has 0 spiro atoms. The summed E-state index contributed by atoms with van der Waals surface area (Å²) in [6, 6.07) is 0.638. The van der Waals surface area contributed by atoms with E-state index in [4.69, 9.17) is 9.47 Å². The van der Waals surface area contributed by atoms with Crippen molar-refractivity contribution in [1.29, 1.82) is 0 Å². The molecule has 2 aliphatic rings. The van der Waals surface area contributed by atoms with Gasteiger partial charge in [-0.1, -0.05) is 0 Å². The molecule has 0 aromatic heterocycles. The number of likely N-dealkylation sites (tertiary alicyclic amines) is 1. The molecule has 2 saturated heterocycles. The number of halogens is 1. The van der Waals surface area contributed by atoms with Gasteiger partial charge in [0.05, 0.1) is 12.5 Å². The number of esters is 1. The van der Waals surface area contributed by atoms with E-state index in [1.165, 1.54) is 19.8 Å². The number of hydrogen-bond acceptors (Lipinski definition) is 7. The molecule has 0 aromatic carbocycles. The molecule has 0 radical (unpaired) electrons. The zero-order valence-electron chi connectivity index (χ0n) is 14.4. The Kier molecular flexibility index (Phi) is 8.02. The van der Waals surface area contributed by atoms with Crippen molar-refractivity contribution < 1.29 is 23.8 Å². The summed E-state index contributed by atoms with van der Waals surface area (Å²) in [6.07, 6.45) is 2.27. The Balaban J connectivity index is 1.69. The van der Waals surface area contributed by atoms with Crippen LogP contribution < -0.4 is 0 Å². The first-order chi connectivity index (χ1) is 11.5. The number of piperidine rings is 2. The van der Waals surface area contributed by atoms with Crippen LogP contribution in [-0.4, -0.2) is 65.3 Å². The maximum Gasteiger partial charge on any atom is 0.511 e. The van der Waals surface area contributed by atoms with Gasteiger partial charge in [0, 0.05) is 48.9 Å². The first-order valence-electron chi connectivity index (χ1n) is 8.68. The highest BCUT2D eigenvalue weighted by Gasteiger charge is 2.32. The third-order valence-electron chi connectivity index (χ3n) is 4.60. The molecule has 0 aliphatic carbocycles. The molecule has 0 amide bonds. The van der Waals surface area contributed by atoms with Crippen molar-refractivity contribution in [3.05, 3.63) is 0 Å². The Morgan fingerprint density at radius 2 is 1.71 bits per heavy atom. The highest BCUT2D eigenvalue weighted by molar-refractivity contribution is 14.1. The van der Waals surface area contributed by atoms with Crippen LogP contribution in [0.1, 0.15) is 39.5 Å². The van der Waals surface area contributed by atoms with Crippen LogP contribution in [0.3, 0.4) is 0 Å². The SMILES string of the molecule is CCOC(=O)OC(C)OC(=O)C1CCN(C2CCN(I)CC2)CC1. The van der Waals surface area contributed by atoms with Gasteiger partial charge in [-0.15, -0.1) is 0 Å². The fourth-order valence-corrected chi connectivity index (χ4v) is 3.83. The van der Waals surface area contributed by atoms with Gasteiger partial charge < -0.3 is 19.1 Å². The van der Waals surface area contributed by atoms with Gasteiger partial charge in [0.1, 0.15) is 0 Å². The average molecular weight is 454 g/mol. The van der Waals surface area contributed by atoms with Gasteiger partial charge in [0.15, 0.2) is 0 Å². The van der Waals surface area contributed by atoms with Crippen LogP contribution in [0.4, 0.5) is 4.79 Å². The molecular formula is C16H27IN2O5. The molecule has 1 unspecified atom stereocenters. The molecule has 1 atom stereocenters. The highest BCUT2D eigenvalue weighted by Crippen LogP contribution is 2.25. The lowest BCUT2D eigenvalue weighted by Crippen LogP contribution is -2.47. The van der Waals surface area contributed by atoms with Crippen molar-refractivity contribution in [3.63, 3.8) is 0 Å². The lowest BCUT2D eigenvalue weighted by Gasteiger charge is -2.40. The van der Waals surface area contributed by atoms with Crippen molar-refractivity contribution in [1.82, 2.24) is 8.01 Å². The minimum atomic E-state index is -0.914. The minimum Gasteiger partial charge on any atom is -0.435 e. The molecule has 0 aromatic rings. The minimum absolute atomic E-state index is 0.112. The zero-order valence-corrected chi connectivity index (χ0v) is 16.6. The molecule has 24 heavy (non-hydrogen) atoms. The molecule has 7 nitrogen and oxygen atoms in total. The summed E-state index contributed by atoms with van der Waals surface area (Å²) in [6.45, 7) is 7.58. The molecule has 2 fully saturated rings. The molecule has 138 valence electrons. The second-order valence-corrected chi connectivity index (χ2v) is 7.62. The average Bonchev–Trinajstić information content (AvgIpc) is 2.55. The molecule has 2 aliphatic heterocycles. The van der Waals surface area contributed by atoms with E-state index in [0.29, 0.717) is 6.04 Å². The van der Waals surface area contributed by atoms with Gasteiger partial charge in [-0.2, -0.15) is 0 Å². The fraction of sp³-hybridized carbons (Fsp3) is 0.875. The van der Waals surface area contributed by atoms with Crippen LogP contribution in [0.2, 0.25) is 0 Å². The summed E-state index contributed by atoms with van der Waals surface area (Å²) in [7, 11) is 0. The number of rotatable bonds is 5. The summed E-state index contributed by atoms with van der Waals surface area (Å²) in [5.74, 6) is -0.396. The van der Waals surface area contributed by atoms with Gasteiger partial charge in [-0.05, 0) is 45.7 Å². The number of carbonyl (C=O) groups is 2. The van der Waals surface area contributed by atoms with Crippen LogP contribution >= 0.6 is 22.9 Å². The van der Waals surface area contributed by atoms with Crippen molar-refractivity contribution in [2.24, 2.45) is 5.92 Å². The largest absolute Gasteiger partial charge is 0.511 e. The molecule has 8 heteroatoms. The number of carbonyl (C=O) groups excluding carboxylic acids is 2. The number of nitrogens with zero attached hydrogens (tertiary/aromatic N) is 2. The monoisotopic (exact) mass is 454 g/mol. The van der Waals surface area contributed by atoms with Crippen LogP contribution in [0.15, 0.2) is 0 Å². The molecule has 0 bridgehead atoms. The van der Waals surface area contributed by atoms with Gasteiger partial charge in [-0.25, -0.2) is 7.91 Å². The quantitative estimate of drug-likeness (QED) is 0.274. The second kappa shape index (κ2) is 9.76. The van der Waals surface area contributed by atoms with E-state index in [0.717, 1.165) is 39.0 Å². The predicted molar refractivity (Wildman–Crippen MR) is 96.6 cm³/mol. The topological polar surface area (TPSA) is 68.3 Å². The van der Waals surface area contributed by atoms with Crippen LogP contribution in [-0.2, 0) is 19.0 Å². The normalized spacial score (nSPS) is 22.8. The van der Waals surface area contributed by atoms with Crippen LogP contribution in [0.25, 0.3) is 0 Å². The number of ether oxygens (including phenoxy) is 3. The van der Waals surface area contributed by atoms with Gasteiger partial charge in [-0.3, -0.25) is 4.79 Å². The second-order valence-electron chi connectivity index (χ2n) is 6.26. The van der Waals surface area contributed by atoms with E-state index < -0.39 is 12.4 Å². The van der Waals surface area contributed by atoms with Crippen molar-refractivity contribution in [2.45, 2.75) is 51.9 Å². The summed E-state index contributed by atoms with van der Waals surface area (Å²) in [5, 5.41) is 0. The van der Waals surface area contributed by atoms with Crippen LogP contribution in [0, 0.1) is 5.92 Å². The van der Waals surface area contributed by atoms with E-state index >= 15 is 0 Å². The lowest BCUT2D eigenvalue weighted by atomic mass is 9.94. The van der Waals surface area contributed by atoms with Gasteiger partial charge in [0.25, 0.3) is 0 Å². The Labute approximate surface area is 157 Å². The van der Waals surface area contributed by atoms with E-state index in [1.54, 1.807) is 6.92 Å².